The van der Waals surface area contributed by atoms with Gasteiger partial charge in [-0.2, -0.15) is 4.99 Å². The van der Waals surface area contributed by atoms with E-state index in [-0.39, 0.29) is 10.6 Å². The summed E-state index contributed by atoms with van der Waals surface area (Å²) in [6.45, 7) is 3.06. The molecule has 0 radical (unpaired) electrons. The molecule has 2 rings (SSSR count). The van der Waals surface area contributed by atoms with Gasteiger partial charge in [0.2, 0.25) is 0 Å². The first-order valence-corrected chi connectivity index (χ1v) is 7.40. The lowest BCUT2D eigenvalue weighted by Crippen LogP contribution is -2.18. The molecule has 2 aromatic rings. The Morgan fingerprint density at radius 3 is 2.95 bits per heavy atom. The molecule has 0 saturated heterocycles. The molecule has 7 heteroatoms. The maximum atomic E-state index is 13.0. The molecule has 21 heavy (non-hydrogen) atoms. The van der Waals surface area contributed by atoms with E-state index in [9.17, 15) is 9.18 Å². The van der Waals surface area contributed by atoms with E-state index in [0.29, 0.717) is 18.0 Å². The Bertz CT molecular complexity index is 724. The molecule has 112 valence electrons. The molecular weight excluding hydrogens is 315 g/mol. The van der Waals surface area contributed by atoms with Gasteiger partial charge in [-0.05, 0) is 25.1 Å². The molecule has 4 nitrogen and oxygen atoms in total. The topological polar surface area (TPSA) is 43.6 Å². The fourth-order valence-electron chi connectivity index (χ4n) is 1.75. The first kappa shape index (κ1) is 15.9. The highest BCUT2D eigenvalue weighted by Crippen LogP contribution is 2.18. The summed E-state index contributed by atoms with van der Waals surface area (Å²) in [6, 6.07) is 3.62. The summed E-state index contributed by atoms with van der Waals surface area (Å²) in [6.07, 6.45) is 1.90. The number of carbonyl (C=O) groups excluding carboxylic acids is 1. The van der Waals surface area contributed by atoms with Crippen molar-refractivity contribution >= 4 is 28.8 Å². The average molecular weight is 329 g/mol. The third-order valence-electron chi connectivity index (χ3n) is 2.73. The Morgan fingerprint density at radius 1 is 1.52 bits per heavy atom. The molecule has 0 aliphatic carbocycles. The number of ether oxygens (including phenoxy) is 1. The number of thiazole rings is 1. The van der Waals surface area contributed by atoms with Crippen LogP contribution in [0.25, 0.3) is 0 Å². The molecule has 0 bridgehead atoms. The van der Waals surface area contributed by atoms with E-state index in [4.69, 9.17) is 16.3 Å². The minimum absolute atomic E-state index is 0.0560. The summed E-state index contributed by atoms with van der Waals surface area (Å²) < 4.78 is 19.9. The normalized spacial score (nSPS) is 11.9. The summed E-state index contributed by atoms with van der Waals surface area (Å²) in [5.74, 6) is -0.980. The first-order valence-electron chi connectivity index (χ1n) is 6.21. The average Bonchev–Trinajstić information content (AvgIpc) is 2.76. The van der Waals surface area contributed by atoms with Gasteiger partial charge in [0.15, 0.2) is 4.80 Å². The van der Waals surface area contributed by atoms with Crippen LogP contribution in [0, 0.1) is 12.7 Å². The lowest BCUT2D eigenvalue weighted by molar-refractivity contribution is 0.0997. The van der Waals surface area contributed by atoms with E-state index in [1.165, 1.54) is 23.5 Å². The van der Waals surface area contributed by atoms with Gasteiger partial charge in [-0.3, -0.25) is 4.79 Å². The van der Waals surface area contributed by atoms with Crippen molar-refractivity contribution in [2.24, 2.45) is 4.99 Å². The lowest BCUT2D eigenvalue weighted by Gasteiger charge is -2.02. The van der Waals surface area contributed by atoms with Crippen molar-refractivity contribution in [3.05, 3.63) is 50.5 Å². The minimum Gasteiger partial charge on any atom is -0.383 e. The fourth-order valence-corrected chi connectivity index (χ4v) is 2.86. The van der Waals surface area contributed by atoms with Crippen LogP contribution in [0.5, 0.6) is 0 Å². The Hall–Kier alpha value is -1.50. The van der Waals surface area contributed by atoms with Gasteiger partial charge in [-0.15, -0.1) is 11.3 Å². The van der Waals surface area contributed by atoms with Crippen molar-refractivity contribution < 1.29 is 13.9 Å². The highest BCUT2D eigenvalue weighted by atomic mass is 35.5. The van der Waals surface area contributed by atoms with Crippen LogP contribution in [0.3, 0.4) is 0 Å². The van der Waals surface area contributed by atoms with E-state index in [2.05, 4.69) is 4.99 Å². The van der Waals surface area contributed by atoms with Gasteiger partial charge in [-0.25, -0.2) is 4.39 Å². The molecule has 0 saturated carbocycles. The van der Waals surface area contributed by atoms with Gasteiger partial charge in [0.1, 0.15) is 5.82 Å². The van der Waals surface area contributed by atoms with Crippen molar-refractivity contribution in [3.8, 4) is 0 Å². The summed E-state index contributed by atoms with van der Waals surface area (Å²) in [4.78, 5) is 17.8. The number of hydrogen-bond acceptors (Lipinski definition) is 3. The number of nitrogens with zero attached hydrogens (tertiary/aromatic N) is 2. The van der Waals surface area contributed by atoms with E-state index in [1.807, 2.05) is 17.7 Å². The fraction of sp³-hybridized carbons (Fsp3) is 0.286. The Labute approximate surface area is 130 Å². The third kappa shape index (κ3) is 4.00. The highest BCUT2D eigenvalue weighted by Gasteiger charge is 2.11. The molecule has 0 N–H and O–H groups in total. The summed E-state index contributed by atoms with van der Waals surface area (Å²) in [7, 11) is 1.61. The van der Waals surface area contributed by atoms with Crippen LogP contribution in [0.4, 0.5) is 4.39 Å². The van der Waals surface area contributed by atoms with Crippen molar-refractivity contribution in [2.45, 2.75) is 13.5 Å². The Kier molecular flexibility index (Phi) is 5.27. The number of aromatic nitrogens is 1. The Balaban J connectivity index is 2.36. The SMILES string of the molecule is COCCn1cc(C)sc1=NC(=O)c1ccc(F)cc1Cl. The van der Waals surface area contributed by atoms with Crippen molar-refractivity contribution in [2.75, 3.05) is 13.7 Å². The van der Waals surface area contributed by atoms with E-state index < -0.39 is 11.7 Å². The molecule has 1 aromatic carbocycles. The van der Waals surface area contributed by atoms with Gasteiger partial charge in [-0.1, -0.05) is 11.6 Å². The maximum absolute atomic E-state index is 13.0. The van der Waals surface area contributed by atoms with Crippen LogP contribution in [0.2, 0.25) is 5.02 Å². The van der Waals surface area contributed by atoms with E-state index in [0.717, 1.165) is 10.9 Å². The number of carbonyl (C=O) groups is 1. The molecule has 0 aliphatic heterocycles. The molecule has 0 fully saturated rings. The van der Waals surface area contributed by atoms with Gasteiger partial charge in [0.05, 0.1) is 17.2 Å². The van der Waals surface area contributed by atoms with Crippen molar-refractivity contribution in [1.82, 2.24) is 4.57 Å². The summed E-state index contributed by atoms with van der Waals surface area (Å²) >= 11 is 7.27. The Morgan fingerprint density at radius 2 is 2.29 bits per heavy atom. The van der Waals surface area contributed by atoms with Gasteiger partial charge in [0.25, 0.3) is 5.91 Å². The van der Waals surface area contributed by atoms with Crippen molar-refractivity contribution in [1.29, 1.82) is 0 Å². The smallest absolute Gasteiger partial charge is 0.281 e. The van der Waals surface area contributed by atoms with Gasteiger partial charge >= 0.3 is 0 Å². The molecule has 0 unspecified atom stereocenters. The molecule has 1 amide bonds. The van der Waals surface area contributed by atoms with Crippen LogP contribution in [-0.4, -0.2) is 24.2 Å². The molecule has 0 aliphatic rings. The predicted octanol–water partition coefficient (Wildman–Crippen LogP) is 3.04. The van der Waals surface area contributed by atoms with Crippen LogP contribution < -0.4 is 4.80 Å². The van der Waals surface area contributed by atoms with Crippen LogP contribution in [-0.2, 0) is 11.3 Å². The number of benzene rings is 1. The molecule has 1 aromatic heterocycles. The zero-order valence-corrected chi connectivity index (χ0v) is 13.2. The first-order chi connectivity index (χ1) is 10.0. The van der Waals surface area contributed by atoms with Gasteiger partial charge in [0, 0.05) is 24.7 Å². The zero-order chi connectivity index (χ0) is 15.4. The molecule has 0 spiro atoms. The minimum atomic E-state index is -0.493. The number of halogens is 2. The second kappa shape index (κ2) is 6.98. The lowest BCUT2D eigenvalue weighted by atomic mass is 10.2. The van der Waals surface area contributed by atoms with Gasteiger partial charge < -0.3 is 9.30 Å². The summed E-state index contributed by atoms with van der Waals surface area (Å²) in [5, 5.41) is 0.0560. The second-order valence-corrected chi connectivity index (χ2v) is 5.97. The molecule has 1 heterocycles. The largest absolute Gasteiger partial charge is 0.383 e. The number of amides is 1. The second-order valence-electron chi connectivity index (χ2n) is 4.35. The molecule has 0 atom stereocenters. The number of rotatable bonds is 4. The summed E-state index contributed by atoms with van der Waals surface area (Å²) in [5.41, 5.74) is 0.183. The monoisotopic (exact) mass is 328 g/mol. The molecular formula is C14H14ClFN2O2S. The maximum Gasteiger partial charge on any atom is 0.281 e. The quantitative estimate of drug-likeness (QED) is 0.866. The third-order valence-corrected chi connectivity index (χ3v) is 3.98. The zero-order valence-electron chi connectivity index (χ0n) is 11.6. The number of methoxy groups -OCH3 is 1. The number of hydrogen-bond donors (Lipinski definition) is 0. The van der Waals surface area contributed by atoms with E-state index in [1.54, 1.807) is 7.11 Å². The van der Waals surface area contributed by atoms with Crippen LogP contribution in [0.1, 0.15) is 15.2 Å². The van der Waals surface area contributed by atoms with Crippen LogP contribution in [0.15, 0.2) is 29.4 Å². The standard InChI is InChI=1S/C14H14ClFN2O2S/c1-9-8-18(5-6-20-2)14(21-9)17-13(19)11-4-3-10(16)7-12(11)15/h3-4,7-8H,5-6H2,1-2H3. The van der Waals surface area contributed by atoms with E-state index >= 15 is 0 Å². The van der Waals surface area contributed by atoms with Crippen LogP contribution >= 0.6 is 22.9 Å². The highest BCUT2D eigenvalue weighted by molar-refractivity contribution is 7.09. The van der Waals surface area contributed by atoms with Crippen molar-refractivity contribution in [3.63, 3.8) is 0 Å². The number of aryl methyl sites for hydroxylation is 1. The predicted molar refractivity (Wildman–Crippen MR) is 80.2 cm³/mol.